The molecule has 0 spiro atoms. The quantitative estimate of drug-likeness (QED) is 0.538. The molecule has 0 amide bonds. The number of hydrogen-bond acceptors (Lipinski definition) is 3. The first-order valence-electron chi connectivity index (χ1n) is 4.50. The molecule has 0 bridgehead atoms. The van der Waals surface area contributed by atoms with Crippen LogP contribution in [0.15, 0.2) is 12.7 Å². The molecule has 0 aromatic rings. The van der Waals surface area contributed by atoms with Crippen LogP contribution in [0, 0.1) is 5.92 Å². The molecule has 4 nitrogen and oxygen atoms in total. The van der Waals surface area contributed by atoms with Crippen molar-refractivity contribution in [2.45, 2.75) is 25.1 Å². The lowest BCUT2D eigenvalue weighted by molar-refractivity contribution is -0.310. The number of carboxylic acids is 1. The minimum Gasteiger partial charge on any atom is -0.478 e. The van der Waals surface area contributed by atoms with Crippen LogP contribution in [0.25, 0.3) is 0 Å². The summed E-state index contributed by atoms with van der Waals surface area (Å²) in [5.74, 6) is -8.34. The Kier molecular flexibility index (Phi) is 7.72. The van der Waals surface area contributed by atoms with Crippen LogP contribution in [0.1, 0.15) is 6.92 Å². The topological polar surface area (TPSA) is 77.8 Å². The monoisotopic (exact) mass is 280 g/mol. The highest BCUT2D eigenvalue weighted by Crippen LogP contribution is 2.42. The van der Waals surface area contributed by atoms with E-state index in [0.717, 1.165) is 6.08 Å². The summed E-state index contributed by atoms with van der Waals surface area (Å²) in [7, 11) is 0. The van der Waals surface area contributed by atoms with Crippen LogP contribution in [0.2, 0.25) is 0 Å². The Bertz CT molecular complexity index is 277. The van der Waals surface area contributed by atoms with E-state index in [1.807, 2.05) is 0 Å². The molecule has 0 aliphatic rings. The fraction of sp³-hybridized carbons (Fsp3) is 0.667. The Morgan fingerprint density at radius 3 is 1.83 bits per heavy atom. The maximum absolute atomic E-state index is 12.4. The number of carboxylic acid groups (broad SMARTS) is 1. The zero-order valence-electron chi connectivity index (χ0n) is 9.29. The molecule has 0 aliphatic carbocycles. The highest BCUT2D eigenvalue weighted by molar-refractivity contribution is 5.78. The van der Waals surface area contributed by atoms with Gasteiger partial charge in [-0.3, -0.25) is 0 Å². The van der Waals surface area contributed by atoms with Crippen LogP contribution in [-0.2, 0) is 4.79 Å². The van der Waals surface area contributed by atoms with Gasteiger partial charge in [-0.15, -0.1) is 0 Å². The lowest BCUT2D eigenvalue weighted by Gasteiger charge is -2.28. The number of alkyl halides is 5. The third-order valence-electron chi connectivity index (χ3n) is 1.89. The summed E-state index contributed by atoms with van der Waals surface area (Å²) >= 11 is 0. The van der Waals surface area contributed by atoms with Gasteiger partial charge in [-0.25, -0.2) is 4.79 Å². The van der Waals surface area contributed by atoms with E-state index in [1.54, 1.807) is 0 Å². The van der Waals surface area contributed by atoms with E-state index in [2.05, 4.69) is 6.58 Å². The summed E-state index contributed by atoms with van der Waals surface area (Å²) in [6.45, 7) is 2.35. The maximum Gasteiger partial charge on any atom is 0.453 e. The fourth-order valence-corrected chi connectivity index (χ4v) is 0.658. The summed E-state index contributed by atoms with van der Waals surface area (Å²) in [6.07, 6.45) is -6.96. The summed E-state index contributed by atoms with van der Waals surface area (Å²) in [5, 5.41) is 24.4. The molecule has 0 aromatic carbocycles. The van der Waals surface area contributed by atoms with Gasteiger partial charge in [-0.2, -0.15) is 22.0 Å². The highest BCUT2D eigenvalue weighted by Gasteiger charge is 2.62. The minimum atomic E-state index is -5.71. The third kappa shape index (κ3) is 5.92. The molecule has 0 aliphatic heterocycles. The van der Waals surface area contributed by atoms with Crippen LogP contribution >= 0.6 is 0 Å². The first kappa shape index (κ1) is 19.1. The van der Waals surface area contributed by atoms with Crippen molar-refractivity contribution >= 4 is 5.97 Å². The molecule has 2 unspecified atom stereocenters. The van der Waals surface area contributed by atoms with Gasteiger partial charge < -0.3 is 15.3 Å². The molecule has 0 radical (unpaired) electrons. The molecular weight excluding hydrogens is 267 g/mol. The Morgan fingerprint density at radius 2 is 1.67 bits per heavy atom. The van der Waals surface area contributed by atoms with Gasteiger partial charge in [0.05, 0.1) is 18.6 Å². The number of aliphatic hydroxyl groups excluding tert-OH is 2. The smallest absolute Gasteiger partial charge is 0.453 e. The van der Waals surface area contributed by atoms with Gasteiger partial charge in [-0.1, -0.05) is 13.5 Å². The number of aliphatic carboxylic acids is 1. The Labute approximate surface area is 99.3 Å². The van der Waals surface area contributed by atoms with Crippen molar-refractivity contribution in [1.29, 1.82) is 0 Å². The number of aliphatic hydroxyl groups is 2. The summed E-state index contributed by atoms with van der Waals surface area (Å²) in [4.78, 5) is 9.25. The normalized spacial score (nSPS) is 15.1. The van der Waals surface area contributed by atoms with Gasteiger partial charge in [0.15, 0.2) is 0 Å². The molecule has 2 atom stereocenters. The molecule has 0 aromatic heterocycles. The molecule has 0 fully saturated rings. The maximum atomic E-state index is 12.4. The van der Waals surface area contributed by atoms with Gasteiger partial charge >= 0.3 is 18.1 Å². The Hall–Kier alpha value is -1.22. The van der Waals surface area contributed by atoms with E-state index < -0.39 is 36.7 Å². The molecule has 0 rings (SSSR count). The standard InChI is InChI=1S/C6H9F5O2.C3H4O2/c1-3(4(13)2-12)5(7,8)6(9,10)11;1-2-3(4)5/h3-4,12-13H,2H2,1H3;2H,1H2,(H,4,5). The number of halogens is 5. The molecule has 3 N–H and O–H groups in total. The van der Waals surface area contributed by atoms with Crippen LogP contribution < -0.4 is 0 Å². The van der Waals surface area contributed by atoms with Crippen LogP contribution in [0.3, 0.4) is 0 Å². The molecule has 0 heterocycles. The second kappa shape index (κ2) is 7.27. The van der Waals surface area contributed by atoms with E-state index in [0.29, 0.717) is 6.92 Å². The largest absolute Gasteiger partial charge is 0.478 e. The molecule has 108 valence electrons. The summed E-state index contributed by atoms with van der Waals surface area (Å²) < 4.78 is 59.6. The molecular formula is C9H13F5O4. The first-order chi connectivity index (χ1) is 7.91. The number of hydrogen-bond donors (Lipinski definition) is 3. The lowest BCUT2D eigenvalue weighted by Crippen LogP contribution is -2.47. The number of rotatable bonds is 4. The van der Waals surface area contributed by atoms with Gasteiger partial charge in [0, 0.05) is 6.08 Å². The first-order valence-corrected chi connectivity index (χ1v) is 4.50. The van der Waals surface area contributed by atoms with Gasteiger partial charge in [0.1, 0.15) is 0 Å². The third-order valence-corrected chi connectivity index (χ3v) is 1.89. The van der Waals surface area contributed by atoms with Gasteiger partial charge in [0.25, 0.3) is 0 Å². The van der Waals surface area contributed by atoms with Crippen molar-refractivity contribution < 1.29 is 42.1 Å². The van der Waals surface area contributed by atoms with E-state index in [9.17, 15) is 26.7 Å². The lowest BCUT2D eigenvalue weighted by atomic mass is 9.97. The minimum absolute atomic E-state index is 0.522. The Morgan fingerprint density at radius 1 is 1.33 bits per heavy atom. The fourth-order valence-electron chi connectivity index (χ4n) is 0.658. The van der Waals surface area contributed by atoms with E-state index in [-0.39, 0.29) is 0 Å². The number of carbonyl (C=O) groups is 1. The average Bonchev–Trinajstić information content (AvgIpc) is 2.26. The van der Waals surface area contributed by atoms with Crippen molar-refractivity contribution in [3.05, 3.63) is 12.7 Å². The summed E-state index contributed by atoms with van der Waals surface area (Å²) in [6, 6.07) is 0. The second-order valence-corrected chi connectivity index (χ2v) is 3.20. The van der Waals surface area contributed by atoms with Gasteiger partial charge in [-0.05, 0) is 0 Å². The van der Waals surface area contributed by atoms with Crippen LogP contribution in [0.4, 0.5) is 22.0 Å². The van der Waals surface area contributed by atoms with Crippen LogP contribution in [0.5, 0.6) is 0 Å². The van der Waals surface area contributed by atoms with E-state index >= 15 is 0 Å². The Balaban J connectivity index is 0. The van der Waals surface area contributed by atoms with Crippen LogP contribution in [-0.4, -0.2) is 46.1 Å². The highest BCUT2D eigenvalue weighted by atomic mass is 19.4. The summed E-state index contributed by atoms with van der Waals surface area (Å²) in [5.41, 5.74) is 0. The van der Waals surface area contributed by atoms with Crippen molar-refractivity contribution in [2.24, 2.45) is 5.92 Å². The molecule has 0 saturated heterocycles. The SMILES string of the molecule is C=CC(=O)O.CC(C(O)CO)C(F)(F)C(F)(F)F. The predicted molar refractivity (Wildman–Crippen MR) is 51.1 cm³/mol. The van der Waals surface area contributed by atoms with Crippen molar-refractivity contribution in [1.82, 2.24) is 0 Å². The predicted octanol–water partition coefficient (Wildman–Crippen LogP) is 1.43. The van der Waals surface area contributed by atoms with E-state index in [4.69, 9.17) is 15.3 Å². The van der Waals surface area contributed by atoms with E-state index in [1.165, 1.54) is 0 Å². The molecule has 0 saturated carbocycles. The van der Waals surface area contributed by atoms with Crippen molar-refractivity contribution in [2.75, 3.05) is 6.61 Å². The molecule has 18 heavy (non-hydrogen) atoms. The van der Waals surface area contributed by atoms with Gasteiger partial charge in [0.2, 0.25) is 0 Å². The molecule has 9 heteroatoms. The van der Waals surface area contributed by atoms with Crippen molar-refractivity contribution in [3.63, 3.8) is 0 Å². The zero-order valence-corrected chi connectivity index (χ0v) is 9.29. The zero-order chi connectivity index (χ0) is 15.1. The average molecular weight is 280 g/mol. The second-order valence-electron chi connectivity index (χ2n) is 3.20. The van der Waals surface area contributed by atoms with Crippen molar-refractivity contribution in [3.8, 4) is 0 Å².